The summed E-state index contributed by atoms with van der Waals surface area (Å²) >= 11 is 2.02. The van der Waals surface area contributed by atoms with Gasteiger partial charge in [0.15, 0.2) is 9.92 Å². The highest BCUT2D eigenvalue weighted by molar-refractivity contribution is 8.14. The first kappa shape index (κ1) is 20.8. The third-order valence-corrected chi connectivity index (χ3v) is 5.15. The van der Waals surface area contributed by atoms with E-state index in [2.05, 4.69) is 4.99 Å². The van der Waals surface area contributed by atoms with E-state index < -0.39 is 17.8 Å². The van der Waals surface area contributed by atoms with Crippen LogP contribution >= 0.6 is 23.1 Å². The van der Waals surface area contributed by atoms with Crippen molar-refractivity contribution >= 4 is 56.3 Å². The summed E-state index contributed by atoms with van der Waals surface area (Å²) in [6.45, 7) is 3.17. The molecule has 0 aliphatic carbocycles. The van der Waals surface area contributed by atoms with Crippen molar-refractivity contribution in [2.45, 2.75) is 20.4 Å². The Balaban J connectivity index is 2.51. The van der Waals surface area contributed by atoms with Gasteiger partial charge in [0.1, 0.15) is 6.54 Å². The van der Waals surface area contributed by atoms with Crippen LogP contribution in [0, 0.1) is 0 Å². The molecule has 0 unspecified atom stereocenters. The smallest absolute Gasteiger partial charge is 0.337 e. The highest BCUT2D eigenvalue weighted by Gasteiger charge is 2.15. The number of methoxy groups -OCH3 is 1. The van der Waals surface area contributed by atoms with Crippen LogP contribution in [0.1, 0.15) is 24.2 Å². The minimum Gasteiger partial charge on any atom is -0.465 e. The zero-order valence-corrected chi connectivity index (χ0v) is 16.6. The van der Waals surface area contributed by atoms with Crippen LogP contribution in [0.25, 0.3) is 10.2 Å². The number of ether oxygens (including phenoxy) is 2. The topological polar surface area (TPSA) is 104 Å². The molecule has 0 aliphatic heterocycles. The predicted octanol–water partition coefficient (Wildman–Crippen LogP) is 1.76. The van der Waals surface area contributed by atoms with Crippen LogP contribution in [0.3, 0.4) is 0 Å². The van der Waals surface area contributed by atoms with E-state index in [0.717, 1.165) is 23.1 Å². The van der Waals surface area contributed by atoms with Crippen molar-refractivity contribution < 1.29 is 28.7 Å². The van der Waals surface area contributed by atoms with Gasteiger partial charge in [-0.2, -0.15) is 4.99 Å². The Labute approximate surface area is 163 Å². The Hall–Kier alpha value is -2.46. The van der Waals surface area contributed by atoms with Crippen LogP contribution in [-0.2, 0) is 30.4 Å². The monoisotopic (exact) mass is 410 g/mol. The van der Waals surface area contributed by atoms with E-state index in [1.807, 2.05) is 0 Å². The van der Waals surface area contributed by atoms with Crippen LogP contribution in [0.15, 0.2) is 23.2 Å². The lowest BCUT2D eigenvalue weighted by Crippen LogP contribution is -2.23. The fourth-order valence-corrected chi connectivity index (χ4v) is 3.67. The molecular weight excluding hydrogens is 392 g/mol. The molecule has 0 aliphatic rings. The van der Waals surface area contributed by atoms with Crippen molar-refractivity contribution in [1.82, 2.24) is 4.57 Å². The fraction of sp³-hybridized carbons (Fsp3) is 0.353. The van der Waals surface area contributed by atoms with Gasteiger partial charge in [0.2, 0.25) is 0 Å². The SMILES string of the molecule is CCOC(=O)Cn1c(=NC(=O)CSC(C)=O)sc2cc(C(=O)OC)ccc21. The number of benzene rings is 1. The lowest BCUT2D eigenvalue weighted by atomic mass is 10.2. The second-order valence-corrected chi connectivity index (χ2v) is 7.40. The van der Waals surface area contributed by atoms with Crippen LogP contribution in [0.4, 0.5) is 0 Å². The predicted molar refractivity (Wildman–Crippen MR) is 101 cm³/mol. The van der Waals surface area contributed by atoms with Gasteiger partial charge in [-0.3, -0.25) is 14.4 Å². The first-order valence-electron chi connectivity index (χ1n) is 7.94. The molecule has 1 amide bonds. The zero-order chi connectivity index (χ0) is 20.0. The minimum absolute atomic E-state index is 0.0869. The number of thioether (sulfide) groups is 1. The number of fused-ring (bicyclic) bond motifs is 1. The third-order valence-electron chi connectivity index (χ3n) is 3.32. The number of carbonyl (C=O) groups excluding carboxylic acids is 4. The summed E-state index contributed by atoms with van der Waals surface area (Å²) in [4.78, 5) is 51.0. The number of esters is 2. The van der Waals surface area contributed by atoms with Crippen molar-refractivity contribution in [2.24, 2.45) is 4.99 Å². The van der Waals surface area contributed by atoms with Crippen LogP contribution in [0.2, 0.25) is 0 Å². The Morgan fingerprint density at radius 3 is 2.63 bits per heavy atom. The van der Waals surface area contributed by atoms with Gasteiger partial charge in [-0.05, 0) is 25.1 Å². The minimum atomic E-state index is -0.493. The number of rotatable bonds is 6. The maximum absolute atomic E-state index is 12.0. The van der Waals surface area contributed by atoms with E-state index in [1.165, 1.54) is 14.0 Å². The molecular formula is C17H18N2O6S2. The molecule has 1 heterocycles. The third kappa shape index (κ3) is 5.51. The first-order chi connectivity index (χ1) is 12.8. The van der Waals surface area contributed by atoms with E-state index in [9.17, 15) is 19.2 Å². The summed E-state index contributed by atoms with van der Waals surface area (Å²) in [7, 11) is 1.29. The maximum Gasteiger partial charge on any atom is 0.337 e. The van der Waals surface area contributed by atoms with Crippen molar-refractivity contribution in [3.05, 3.63) is 28.6 Å². The largest absolute Gasteiger partial charge is 0.465 e. The Morgan fingerprint density at radius 2 is 2.00 bits per heavy atom. The highest BCUT2D eigenvalue weighted by atomic mass is 32.2. The molecule has 0 atom stereocenters. The molecule has 0 fully saturated rings. The molecule has 27 heavy (non-hydrogen) atoms. The van der Waals surface area contributed by atoms with Crippen molar-refractivity contribution in [3.8, 4) is 0 Å². The molecule has 8 nitrogen and oxygen atoms in total. The number of nitrogens with zero attached hydrogens (tertiary/aromatic N) is 2. The van der Waals surface area contributed by atoms with Crippen molar-refractivity contribution in [1.29, 1.82) is 0 Å². The molecule has 0 bridgehead atoms. The lowest BCUT2D eigenvalue weighted by Gasteiger charge is -2.05. The first-order valence-corrected chi connectivity index (χ1v) is 9.74. The summed E-state index contributed by atoms with van der Waals surface area (Å²) in [6.07, 6.45) is 0. The second-order valence-electron chi connectivity index (χ2n) is 5.24. The van der Waals surface area contributed by atoms with Gasteiger partial charge in [-0.15, -0.1) is 0 Å². The molecule has 2 aromatic rings. The molecule has 1 aromatic carbocycles. The number of hydrogen-bond acceptors (Lipinski definition) is 8. The molecule has 1 aromatic heterocycles. The molecule has 0 N–H and O–H groups in total. The van der Waals surface area contributed by atoms with Gasteiger partial charge in [0.05, 0.1) is 35.2 Å². The molecule has 2 rings (SSSR count). The van der Waals surface area contributed by atoms with Gasteiger partial charge in [0, 0.05) is 6.92 Å². The molecule has 0 saturated carbocycles. The van der Waals surface area contributed by atoms with E-state index in [4.69, 9.17) is 9.47 Å². The van der Waals surface area contributed by atoms with Gasteiger partial charge in [-0.25, -0.2) is 4.79 Å². The maximum atomic E-state index is 12.0. The van der Waals surface area contributed by atoms with E-state index in [-0.39, 0.29) is 28.8 Å². The Morgan fingerprint density at radius 1 is 1.26 bits per heavy atom. The second kappa shape index (κ2) is 9.47. The quantitative estimate of drug-likeness (QED) is 0.668. The van der Waals surface area contributed by atoms with Gasteiger partial charge < -0.3 is 14.0 Å². The van der Waals surface area contributed by atoms with Crippen LogP contribution < -0.4 is 4.80 Å². The molecule has 0 radical (unpaired) electrons. The molecule has 144 valence electrons. The Bertz CT molecular complexity index is 960. The molecule has 0 saturated heterocycles. The van der Waals surface area contributed by atoms with Gasteiger partial charge in [-0.1, -0.05) is 23.1 Å². The van der Waals surface area contributed by atoms with Crippen molar-refractivity contribution in [3.63, 3.8) is 0 Å². The average Bonchev–Trinajstić information content (AvgIpc) is 2.95. The normalized spacial score (nSPS) is 11.4. The summed E-state index contributed by atoms with van der Waals surface area (Å²) in [5, 5.41) is -0.183. The van der Waals surface area contributed by atoms with E-state index in [1.54, 1.807) is 29.7 Å². The average molecular weight is 410 g/mol. The number of carbonyl (C=O) groups is 4. The summed E-state index contributed by atoms with van der Waals surface area (Å²) in [6, 6.07) is 4.84. The number of hydrogen-bond donors (Lipinski definition) is 0. The van der Waals surface area contributed by atoms with Crippen LogP contribution in [0.5, 0.6) is 0 Å². The number of amides is 1. The van der Waals surface area contributed by atoms with Crippen LogP contribution in [-0.4, -0.2) is 47.0 Å². The summed E-state index contributed by atoms with van der Waals surface area (Å²) in [5.41, 5.74) is 0.978. The summed E-state index contributed by atoms with van der Waals surface area (Å²) in [5.74, 6) is -1.54. The summed E-state index contributed by atoms with van der Waals surface area (Å²) < 4.78 is 11.9. The number of thiazole rings is 1. The fourth-order valence-electron chi connectivity index (χ4n) is 2.19. The van der Waals surface area contributed by atoms with Gasteiger partial charge >= 0.3 is 11.9 Å². The van der Waals surface area contributed by atoms with E-state index in [0.29, 0.717) is 15.8 Å². The standard InChI is InChI=1S/C17H18N2O6S2/c1-4-25-15(22)8-19-12-6-5-11(16(23)24-3)7-13(12)27-17(19)18-14(21)9-26-10(2)20/h5-7H,4,8-9H2,1-3H3. The lowest BCUT2D eigenvalue weighted by molar-refractivity contribution is -0.143. The molecule has 0 spiro atoms. The molecule has 10 heteroatoms. The highest BCUT2D eigenvalue weighted by Crippen LogP contribution is 2.20. The zero-order valence-electron chi connectivity index (χ0n) is 15.0. The Kier molecular flexibility index (Phi) is 7.31. The number of aromatic nitrogens is 1. The van der Waals surface area contributed by atoms with Crippen molar-refractivity contribution in [2.75, 3.05) is 19.5 Å². The van der Waals surface area contributed by atoms with Gasteiger partial charge in [0.25, 0.3) is 5.91 Å². The van der Waals surface area contributed by atoms with E-state index >= 15 is 0 Å².